The van der Waals surface area contributed by atoms with E-state index in [4.69, 9.17) is 0 Å². The summed E-state index contributed by atoms with van der Waals surface area (Å²) in [5.41, 5.74) is 0. The summed E-state index contributed by atoms with van der Waals surface area (Å²) in [6.45, 7) is 1.91. The summed E-state index contributed by atoms with van der Waals surface area (Å²) in [4.78, 5) is 0.420. The Bertz CT molecular complexity index is 337. The highest BCUT2D eigenvalue weighted by atomic mass is 32.2. The van der Waals surface area contributed by atoms with Crippen LogP contribution >= 0.6 is 11.8 Å². The van der Waals surface area contributed by atoms with Crippen LogP contribution in [0.15, 0.2) is 23.1 Å². The lowest BCUT2D eigenvalue weighted by Gasteiger charge is -2.22. The molecular formula is C11H13F2NS. The van der Waals surface area contributed by atoms with Gasteiger partial charge in [0.25, 0.3) is 0 Å². The van der Waals surface area contributed by atoms with Crippen molar-refractivity contribution in [1.29, 1.82) is 0 Å². The highest BCUT2D eigenvalue weighted by Gasteiger charge is 2.16. The van der Waals surface area contributed by atoms with Gasteiger partial charge in [0.15, 0.2) is 0 Å². The van der Waals surface area contributed by atoms with E-state index >= 15 is 0 Å². The highest BCUT2D eigenvalue weighted by molar-refractivity contribution is 8.00. The lowest BCUT2D eigenvalue weighted by molar-refractivity contribution is 0.529. The fourth-order valence-electron chi connectivity index (χ4n) is 1.67. The molecule has 1 aromatic carbocycles. The largest absolute Gasteiger partial charge is 0.316 e. The highest BCUT2D eigenvalue weighted by Crippen LogP contribution is 2.29. The molecule has 0 aromatic heterocycles. The summed E-state index contributed by atoms with van der Waals surface area (Å²) in [5, 5.41) is 3.61. The van der Waals surface area contributed by atoms with Gasteiger partial charge in [0.2, 0.25) is 0 Å². The van der Waals surface area contributed by atoms with Crippen LogP contribution in [0.3, 0.4) is 0 Å². The second-order valence-electron chi connectivity index (χ2n) is 3.66. The van der Waals surface area contributed by atoms with Crippen molar-refractivity contribution in [1.82, 2.24) is 5.32 Å². The summed E-state index contributed by atoms with van der Waals surface area (Å²) < 4.78 is 26.2. The molecule has 82 valence electrons. The van der Waals surface area contributed by atoms with Crippen molar-refractivity contribution in [2.24, 2.45) is 0 Å². The fraction of sp³-hybridized carbons (Fsp3) is 0.455. The molecule has 1 aliphatic heterocycles. The van der Waals surface area contributed by atoms with E-state index in [9.17, 15) is 8.78 Å². The third kappa shape index (κ3) is 2.92. The van der Waals surface area contributed by atoms with Crippen LogP contribution in [0.1, 0.15) is 12.8 Å². The van der Waals surface area contributed by atoms with Crippen LogP contribution < -0.4 is 5.32 Å². The average Bonchev–Trinajstić information content (AvgIpc) is 2.25. The summed E-state index contributed by atoms with van der Waals surface area (Å²) in [7, 11) is 0. The lowest BCUT2D eigenvalue weighted by Crippen LogP contribution is -2.31. The molecule has 15 heavy (non-hydrogen) atoms. The third-order valence-corrected chi connectivity index (χ3v) is 3.74. The minimum Gasteiger partial charge on any atom is -0.316 e. The van der Waals surface area contributed by atoms with E-state index in [1.54, 1.807) is 0 Å². The number of hydrogen-bond donors (Lipinski definition) is 1. The summed E-state index contributed by atoms with van der Waals surface area (Å²) in [5.74, 6) is -0.699. The second kappa shape index (κ2) is 4.94. The number of nitrogens with one attached hydrogen (secondary N) is 1. The molecule has 1 atom stereocenters. The van der Waals surface area contributed by atoms with E-state index in [2.05, 4.69) is 5.32 Å². The van der Waals surface area contributed by atoms with Crippen molar-refractivity contribution < 1.29 is 8.78 Å². The van der Waals surface area contributed by atoms with Gasteiger partial charge in [-0.1, -0.05) is 0 Å². The molecule has 2 rings (SSSR count). The normalized spacial score (nSPS) is 21.6. The molecule has 1 aliphatic rings. The molecule has 0 spiro atoms. The standard InChI is InChI=1S/C11H13F2NS/c12-8-3-4-10(13)11(6-8)15-9-2-1-5-14-7-9/h3-4,6,9,14H,1-2,5,7H2/t9-/m1/s1. The average molecular weight is 229 g/mol. The predicted octanol–water partition coefficient (Wildman–Crippen LogP) is 2.81. The van der Waals surface area contributed by atoms with E-state index in [1.165, 1.54) is 23.9 Å². The van der Waals surface area contributed by atoms with E-state index in [-0.39, 0.29) is 11.6 Å². The van der Waals surface area contributed by atoms with E-state index in [0.29, 0.717) is 10.1 Å². The van der Waals surface area contributed by atoms with Crippen molar-refractivity contribution in [2.75, 3.05) is 13.1 Å². The Labute approximate surface area is 92.3 Å². The molecule has 1 nitrogen and oxygen atoms in total. The molecule has 1 N–H and O–H groups in total. The number of halogens is 2. The van der Waals surface area contributed by atoms with Crippen LogP contribution in [0.2, 0.25) is 0 Å². The first-order valence-corrected chi connectivity index (χ1v) is 5.96. The van der Waals surface area contributed by atoms with E-state index < -0.39 is 0 Å². The molecule has 0 radical (unpaired) electrons. The molecular weight excluding hydrogens is 216 g/mol. The van der Waals surface area contributed by atoms with Gasteiger partial charge in [-0.2, -0.15) is 0 Å². The number of benzene rings is 1. The molecule has 4 heteroatoms. The van der Waals surface area contributed by atoms with Crippen LogP contribution in [-0.4, -0.2) is 18.3 Å². The van der Waals surface area contributed by atoms with Gasteiger partial charge in [0.1, 0.15) is 11.6 Å². The summed E-state index contributed by atoms with van der Waals surface area (Å²) in [6.07, 6.45) is 2.17. The van der Waals surface area contributed by atoms with Crippen molar-refractivity contribution in [3.05, 3.63) is 29.8 Å². The van der Waals surface area contributed by atoms with Gasteiger partial charge in [0.05, 0.1) is 0 Å². The topological polar surface area (TPSA) is 12.0 Å². The Morgan fingerprint density at radius 1 is 1.33 bits per heavy atom. The molecule has 0 aliphatic carbocycles. The zero-order valence-electron chi connectivity index (χ0n) is 8.30. The van der Waals surface area contributed by atoms with Crippen molar-refractivity contribution in [3.8, 4) is 0 Å². The predicted molar refractivity (Wildman–Crippen MR) is 58.1 cm³/mol. The first-order valence-electron chi connectivity index (χ1n) is 5.08. The van der Waals surface area contributed by atoms with Gasteiger partial charge >= 0.3 is 0 Å². The maximum atomic E-state index is 13.3. The maximum absolute atomic E-state index is 13.3. The van der Waals surface area contributed by atoms with E-state index in [0.717, 1.165) is 32.0 Å². The van der Waals surface area contributed by atoms with Crippen LogP contribution in [0, 0.1) is 11.6 Å². The quantitative estimate of drug-likeness (QED) is 0.837. The zero-order valence-corrected chi connectivity index (χ0v) is 9.12. The Morgan fingerprint density at radius 2 is 2.20 bits per heavy atom. The van der Waals surface area contributed by atoms with Crippen LogP contribution in [0.5, 0.6) is 0 Å². The Hall–Kier alpha value is -0.610. The van der Waals surface area contributed by atoms with Gasteiger partial charge in [0, 0.05) is 16.7 Å². The van der Waals surface area contributed by atoms with Crippen molar-refractivity contribution in [2.45, 2.75) is 23.0 Å². The van der Waals surface area contributed by atoms with Crippen LogP contribution in [-0.2, 0) is 0 Å². The first-order chi connectivity index (χ1) is 7.25. The van der Waals surface area contributed by atoms with E-state index in [1.807, 2.05) is 0 Å². The fourth-order valence-corrected chi connectivity index (χ4v) is 2.87. The monoisotopic (exact) mass is 229 g/mol. The molecule has 1 fully saturated rings. The Kier molecular flexibility index (Phi) is 3.59. The molecule has 0 bridgehead atoms. The third-order valence-electron chi connectivity index (χ3n) is 2.44. The number of thioether (sulfide) groups is 1. The van der Waals surface area contributed by atoms with Gasteiger partial charge in [-0.3, -0.25) is 0 Å². The molecule has 1 saturated heterocycles. The summed E-state index contributed by atoms with van der Waals surface area (Å²) >= 11 is 1.43. The van der Waals surface area contributed by atoms with Gasteiger partial charge < -0.3 is 5.32 Å². The van der Waals surface area contributed by atoms with Crippen LogP contribution in [0.25, 0.3) is 0 Å². The van der Waals surface area contributed by atoms with Gasteiger partial charge in [-0.15, -0.1) is 11.8 Å². The Balaban J connectivity index is 2.05. The van der Waals surface area contributed by atoms with Gasteiger partial charge in [-0.05, 0) is 37.6 Å². The minimum atomic E-state index is -0.373. The van der Waals surface area contributed by atoms with Crippen molar-refractivity contribution >= 4 is 11.8 Å². The number of rotatable bonds is 2. The second-order valence-corrected chi connectivity index (χ2v) is 5.00. The van der Waals surface area contributed by atoms with Crippen LogP contribution in [0.4, 0.5) is 8.78 Å². The maximum Gasteiger partial charge on any atom is 0.136 e. The SMILES string of the molecule is Fc1ccc(F)c(S[C@@H]2CCCNC2)c1. The molecule has 0 amide bonds. The molecule has 1 aromatic rings. The zero-order chi connectivity index (χ0) is 10.7. The molecule has 1 heterocycles. The van der Waals surface area contributed by atoms with Crippen molar-refractivity contribution in [3.63, 3.8) is 0 Å². The minimum absolute atomic E-state index is 0.327. The first kappa shape index (κ1) is 10.9. The molecule has 0 unspecified atom stereocenters. The Morgan fingerprint density at radius 3 is 2.93 bits per heavy atom. The number of piperidine rings is 1. The van der Waals surface area contributed by atoms with Gasteiger partial charge in [-0.25, -0.2) is 8.78 Å². The lowest BCUT2D eigenvalue weighted by atomic mass is 10.2. The smallest absolute Gasteiger partial charge is 0.136 e. The summed E-state index contributed by atoms with van der Waals surface area (Å²) in [6, 6.07) is 3.61. The number of hydrogen-bond acceptors (Lipinski definition) is 2. The molecule has 0 saturated carbocycles.